The summed E-state index contributed by atoms with van der Waals surface area (Å²) in [6.07, 6.45) is 5.28. The zero-order chi connectivity index (χ0) is 12.3. The maximum atomic E-state index is 5.98. The van der Waals surface area contributed by atoms with E-state index >= 15 is 0 Å². The van der Waals surface area contributed by atoms with Crippen molar-refractivity contribution < 1.29 is 0 Å². The van der Waals surface area contributed by atoms with E-state index in [-0.39, 0.29) is 5.95 Å². The monoisotopic (exact) mass is 247 g/mol. The number of anilines is 2. The van der Waals surface area contributed by atoms with Gasteiger partial charge in [0.1, 0.15) is 5.82 Å². The van der Waals surface area contributed by atoms with Crippen molar-refractivity contribution in [3.05, 3.63) is 34.6 Å². The van der Waals surface area contributed by atoms with Crippen molar-refractivity contribution in [1.82, 2.24) is 15.2 Å². The lowest BCUT2D eigenvalue weighted by Crippen LogP contribution is -2.01. The highest BCUT2D eigenvalue weighted by Gasteiger charge is 2.01. The Bertz CT molecular complexity index is 569. The zero-order valence-electron chi connectivity index (χ0n) is 8.87. The fourth-order valence-electron chi connectivity index (χ4n) is 1.32. The van der Waals surface area contributed by atoms with Gasteiger partial charge < -0.3 is 11.1 Å². The van der Waals surface area contributed by atoms with Crippen molar-refractivity contribution in [3.8, 4) is 12.3 Å². The maximum absolute atomic E-state index is 5.98. The molecule has 86 valence electrons. The first kappa shape index (κ1) is 11.3. The predicted molar refractivity (Wildman–Crippen MR) is 67.5 cm³/mol. The van der Waals surface area contributed by atoms with E-state index in [1.165, 1.54) is 0 Å². The van der Waals surface area contributed by atoms with Gasteiger partial charge in [-0.1, -0.05) is 17.5 Å². The second-order valence-electron chi connectivity index (χ2n) is 3.33. The van der Waals surface area contributed by atoms with Crippen molar-refractivity contribution in [1.29, 1.82) is 0 Å². The van der Waals surface area contributed by atoms with Crippen molar-refractivity contribution in [2.75, 3.05) is 11.1 Å². The fourth-order valence-corrected chi connectivity index (χ4v) is 1.55. The number of hydrogen-bond donors (Lipinski definition) is 3. The Morgan fingerprint density at radius 3 is 2.94 bits per heavy atom. The van der Waals surface area contributed by atoms with Gasteiger partial charge >= 0.3 is 0 Å². The molecule has 6 heteroatoms. The third-order valence-electron chi connectivity index (χ3n) is 2.13. The SMILES string of the molecule is C#Cc1ccc(NCc2nc(N)n[nH]2)cc1Cl. The molecule has 0 fully saturated rings. The van der Waals surface area contributed by atoms with Gasteiger partial charge in [-0.25, -0.2) is 0 Å². The molecular weight excluding hydrogens is 238 g/mol. The molecule has 1 aromatic carbocycles. The van der Waals surface area contributed by atoms with Crippen molar-refractivity contribution in [2.45, 2.75) is 6.54 Å². The van der Waals surface area contributed by atoms with Crippen LogP contribution in [-0.4, -0.2) is 15.2 Å². The van der Waals surface area contributed by atoms with E-state index in [0.717, 1.165) is 5.69 Å². The van der Waals surface area contributed by atoms with Crippen LogP contribution in [0.15, 0.2) is 18.2 Å². The minimum absolute atomic E-state index is 0.225. The Hall–Kier alpha value is -2.19. The maximum Gasteiger partial charge on any atom is 0.239 e. The molecular formula is C11H10ClN5. The standard InChI is InChI=1S/C11H10ClN5/c1-2-7-3-4-8(5-9(7)12)14-6-10-15-11(13)17-16-10/h1,3-5,14H,6H2,(H3,13,15,16,17). The lowest BCUT2D eigenvalue weighted by atomic mass is 10.2. The van der Waals surface area contributed by atoms with Crippen molar-refractivity contribution in [2.24, 2.45) is 0 Å². The summed E-state index contributed by atoms with van der Waals surface area (Å²) < 4.78 is 0. The van der Waals surface area contributed by atoms with Gasteiger partial charge in [-0.05, 0) is 18.2 Å². The molecule has 0 bridgehead atoms. The molecule has 0 radical (unpaired) electrons. The van der Waals surface area contributed by atoms with Gasteiger partial charge in [-0.3, -0.25) is 5.10 Å². The van der Waals surface area contributed by atoms with E-state index in [4.69, 9.17) is 23.8 Å². The first-order valence-electron chi connectivity index (χ1n) is 4.86. The molecule has 0 aliphatic rings. The predicted octanol–water partition coefficient (Wildman–Crippen LogP) is 1.63. The number of aromatic amines is 1. The van der Waals surface area contributed by atoms with E-state index in [1.54, 1.807) is 12.1 Å². The van der Waals surface area contributed by atoms with E-state index in [9.17, 15) is 0 Å². The number of rotatable bonds is 3. The second-order valence-corrected chi connectivity index (χ2v) is 3.74. The van der Waals surface area contributed by atoms with E-state index < -0.39 is 0 Å². The van der Waals surface area contributed by atoms with Crippen LogP contribution >= 0.6 is 11.6 Å². The number of hydrogen-bond acceptors (Lipinski definition) is 4. The number of nitrogen functional groups attached to an aromatic ring is 1. The first-order chi connectivity index (χ1) is 8.19. The molecule has 0 spiro atoms. The van der Waals surface area contributed by atoms with Crippen molar-refractivity contribution in [3.63, 3.8) is 0 Å². The fraction of sp³-hybridized carbons (Fsp3) is 0.0909. The highest BCUT2D eigenvalue weighted by Crippen LogP contribution is 2.20. The molecule has 4 N–H and O–H groups in total. The van der Waals surface area contributed by atoms with Gasteiger partial charge in [-0.15, -0.1) is 11.5 Å². The average Bonchev–Trinajstić information content (AvgIpc) is 2.73. The molecule has 2 aromatic rings. The first-order valence-corrected chi connectivity index (χ1v) is 5.23. The Kier molecular flexibility index (Phi) is 3.17. The summed E-state index contributed by atoms with van der Waals surface area (Å²) in [4.78, 5) is 3.97. The van der Waals surface area contributed by atoms with Crippen LogP contribution < -0.4 is 11.1 Å². The van der Waals surface area contributed by atoms with Gasteiger partial charge in [0.2, 0.25) is 5.95 Å². The van der Waals surface area contributed by atoms with Crippen LogP contribution in [0.3, 0.4) is 0 Å². The zero-order valence-corrected chi connectivity index (χ0v) is 9.62. The summed E-state index contributed by atoms with van der Waals surface area (Å²) in [6.45, 7) is 0.482. The molecule has 1 heterocycles. The molecule has 0 saturated carbocycles. The Morgan fingerprint density at radius 1 is 1.53 bits per heavy atom. The number of benzene rings is 1. The van der Waals surface area contributed by atoms with E-state index in [0.29, 0.717) is 23.0 Å². The van der Waals surface area contributed by atoms with Gasteiger partial charge in [0.05, 0.1) is 11.6 Å². The topological polar surface area (TPSA) is 79.6 Å². The number of aromatic nitrogens is 3. The third-order valence-corrected chi connectivity index (χ3v) is 2.45. The van der Waals surface area contributed by atoms with Gasteiger partial charge in [-0.2, -0.15) is 4.98 Å². The molecule has 0 amide bonds. The number of halogens is 1. The van der Waals surface area contributed by atoms with Crippen LogP contribution in [0.25, 0.3) is 0 Å². The number of nitrogens with zero attached hydrogens (tertiary/aromatic N) is 2. The highest BCUT2D eigenvalue weighted by molar-refractivity contribution is 6.32. The van der Waals surface area contributed by atoms with Crippen molar-refractivity contribution >= 4 is 23.2 Å². The number of nitrogens with one attached hydrogen (secondary N) is 2. The Balaban J connectivity index is 2.05. The molecule has 17 heavy (non-hydrogen) atoms. The number of terminal acetylenes is 1. The van der Waals surface area contributed by atoms with E-state index in [2.05, 4.69) is 26.4 Å². The van der Waals surface area contributed by atoms with Crippen LogP contribution in [0.2, 0.25) is 5.02 Å². The lowest BCUT2D eigenvalue weighted by Gasteiger charge is -2.05. The summed E-state index contributed by atoms with van der Waals surface area (Å²) in [6, 6.07) is 5.39. The summed E-state index contributed by atoms with van der Waals surface area (Å²) in [5.74, 6) is 3.37. The summed E-state index contributed by atoms with van der Waals surface area (Å²) >= 11 is 5.98. The Labute approximate surface area is 103 Å². The van der Waals surface area contributed by atoms with Crippen LogP contribution in [0.5, 0.6) is 0 Å². The normalized spacial score (nSPS) is 9.88. The van der Waals surface area contributed by atoms with Crippen LogP contribution in [0.1, 0.15) is 11.4 Å². The number of nitrogens with two attached hydrogens (primary N) is 1. The van der Waals surface area contributed by atoms with Gasteiger partial charge in [0.15, 0.2) is 0 Å². The molecule has 0 aliphatic heterocycles. The van der Waals surface area contributed by atoms with Gasteiger partial charge in [0, 0.05) is 11.3 Å². The molecule has 5 nitrogen and oxygen atoms in total. The molecule has 0 aliphatic carbocycles. The average molecular weight is 248 g/mol. The minimum atomic E-state index is 0.225. The summed E-state index contributed by atoms with van der Waals surface area (Å²) in [5, 5.41) is 10.1. The molecule has 0 unspecified atom stereocenters. The van der Waals surface area contributed by atoms with E-state index in [1.807, 2.05) is 6.07 Å². The Morgan fingerprint density at radius 2 is 2.35 bits per heavy atom. The van der Waals surface area contributed by atoms with Crippen LogP contribution in [0, 0.1) is 12.3 Å². The third kappa shape index (κ3) is 2.68. The molecule has 1 aromatic heterocycles. The quantitative estimate of drug-likeness (QED) is 0.721. The minimum Gasteiger partial charge on any atom is -0.378 e. The molecule has 0 atom stereocenters. The smallest absolute Gasteiger partial charge is 0.239 e. The second kappa shape index (κ2) is 4.76. The summed E-state index contributed by atoms with van der Waals surface area (Å²) in [5.41, 5.74) is 6.90. The summed E-state index contributed by atoms with van der Waals surface area (Å²) in [7, 11) is 0. The molecule has 0 saturated heterocycles. The lowest BCUT2D eigenvalue weighted by molar-refractivity contribution is 0.955. The van der Waals surface area contributed by atoms with Crippen LogP contribution in [-0.2, 0) is 6.54 Å². The molecule has 2 rings (SSSR count). The highest BCUT2D eigenvalue weighted by atomic mass is 35.5. The van der Waals surface area contributed by atoms with Gasteiger partial charge in [0.25, 0.3) is 0 Å². The largest absolute Gasteiger partial charge is 0.378 e. The van der Waals surface area contributed by atoms with Crippen LogP contribution in [0.4, 0.5) is 11.6 Å². The number of H-pyrrole nitrogens is 1.